The molecule has 1 aliphatic heterocycles. The number of thioether (sulfide) groups is 1. The quantitative estimate of drug-likeness (QED) is 0.0869. The van der Waals surface area contributed by atoms with Crippen molar-refractivity contribution >= 4 is 69.5 Å². The van der Waals surface area contributed by atoms with E-state index in [4.69, 9.17) is 9.47 Å². The summed E-state index contributed by atoms with van der Waals surface area (Å²) in [6, 6.07) is 22.8. The Labute approximate surface area is 304 Å². The number of methoxy groups -OCH3 is 2. The molecular formula is C38H38N4O7S2. The number of hydrogen-bond acceptors (Lipinski definition) is 9. The lowest BCUT2D eigenvalue weighted by molar-refractivity contribution is -0.129. The molecule has 0 saturated heterocycles. The number of nitrogens with one attached hydrogen (secondary N) is 3. The van der Waals surface area contributed by atoms with E-state index in [0.717, 1.165) is 10.4 Å². The van der Waals surface area contributed by atoms with Crippen LogP contribution in [0.1, 0.15) is 57.0 Å². The molecule has 264 valence electrons. The summed E-state index contributed by atoms with van der Waals surface area (Å²) in [5.74, 6) is -1.38. The van der Waals surface area contributed by atoms with Gasteiger partial charge in [0.25, 0.3) is 11.8 Å². The van der Waals surface area contributed by atoms with Crippen molar-refractivity contribution in [1.29, 1.82) is 0 Å². The number of ether oxygens (including phenoxy) is 2. The Kier molecular flexibility index (Phi) is 12.3. The maximum atomic E-state index is 13.7. The highest BCUT2D eigenvalue weighted by Crippen LogP contribution is 2.38. The fourth-order valence-electron chi connectivity index (χ4n) is 5.49. The number of esters is 1. The van der Waals surface area contributed by atoms with Gasteiger partial charge < -0.3 is 30.3 Å². The van der Waals surface area contributed by atoms with Crippen LogP contribution in [0.5, 0.6) is 5.75 Å². The molecule has 4 aromatic rings. The van der Waals surface area contributed by atoms with Crippen molar-refractivity contribution < 1.29 is 33.4 Å². The summed E-state index contributed by atoms with van der Waals surface area (Å²) in [6.07, 6.45) is 2.51. The molecule has 0 bridgehead atoms. The minimum Gasteiger partial charge on any atom is -0.496 e. The van der Waals surface area contributed by atoms with Crippen LogP contribution in [0, 0.1) is 0 Å². The molecule has 1 aromatic heterocycles. The molecule has 3 N–H and O–H groups in total. The number of fused-ring (bicyclic) bond motifs is 1. The van der Waals surface area contributed by atoms with Crippen molar-refractivity contribution in [3.63, 3.8) is 0 Å². The van der Waals surface area contributed by atoms with Crippen LogP contribution in [-0.4, -0.2) is 60.5 Å². The standard InChI is InChI=1S/C38H38N4O7S2/c1-5-31(36(46)41-37-33(38(47)49-4)28-18-19-42(23(2)43)22-32(28)51-37)50-27-16-11-15-26(21-27)39-35(45)29(20-25-14-9-10-17-30(25)48-3)40-34(44)24-12-7-6-8-13-24/h6-17,20-21,31H,5,18-19,22H2,1-4H3,(H,39,45)(H,40,44)(H,41,46)/b29-20+. The highest BCUT2D eigenvalue weighted by atomic mass is 32.2. The van der Waals surface area contributed by atoms with E-state index in [1.165, 1.54) is 44.2 Å². The van der Waals surface area contributed by atoms with Gasteiger partial charge in [0.1, 0.15) is 16.4 Å². The van der Waals surface area contributed by atoms with Crippen LogP contribution in [0.2, 0.25) is 0 Å². The number of carbonyl (C=O) groups excluding carboxylic acids is 5. The predicted molar refractivity (Wildman–Crippen MR) is 199 cm³/mol. The zero-order chi connectivity index (χ0) is 36.5. The highest BCUT2D eigenvalue weighted by molar-refractivity contribution is 8.00. The Bertz CT molecular complexity index is 1980. The Balaban J connectivity index is 1.33. The summed E-state index contributed by atoms with van der Waals surface area (Å²) in [7, 11) is 2.82. The van der Waals surface area contributed by atoms with Crippen molar-refractivity contribution in [2.24, 2.45) is 0 Å². The van der Waals surface area contributed by atoms with Gasteiger partial charge in [0.05, 0.1) is 31.6 Å². The Morgan fingerprint density at radius 2 is 1.71 bits per heavy atom. The van der Waals surface area contributed by atoms with Crippen LogP contribution in [0.15, 0.2) is 89.5 Å². The summed E-state index contributed by atoms with van der Waals surface area (Å²) in [6.45, 7) is 4.24. The summed E-state index contributed by atoms with van der Waals surface area (Å²) in [4.78, 5) is 68.5. The molecule has 0 radical (unpaired) electrons. The smallest absolute Gasteiger partial charge is 0.341 e. The van der Waals surface area contributed by atoms with E-state index in [1.54, 1.807) is 83.8 Å². The first-order valence-electron chi connectivity index (χ1n) is 16.2. The Morgan fingerprint density at radius 1 is 0.961 bits per heavy atom. The first-order valence-corrected chi connectivity index (χ1v) is 17.9. The van der Waals surface area contributed by atoms with Crippen LogP contribution in [0.4, 0.5) is 10.7 Å². The number of para-hydroxylation sites is 1. The van der Waals surface area contributed by atoms with E-state index in [9.17, 15) is 24.0 Å². The van der Waals surface area contributed by atoms with E-state index in [-0.39, 0.29) is 17.5 Å². The molecule has 51 heavy (non-hydrogen) atoms. The zero-order valence-corrected chi connectivity index (χ0v) is 30.2. The molecule has 5 rings (SSSR count). The highest BCUT2D eigenvalue weighted by Gasteiger charge is 2.31. The average molecular weight is 727 g/mol. The van der Waals surface area contributed by atoms with Gasteiger partial charge in [0.2, 0.25) is 11.8 Å². The van der Waals surface area contributed by atoms with Gasteiger partial charge in [-0.3, -0.25) is 19.2 Å². The Hall–Kier alpha value is -5.40. The number of nitrogens with zero attached hydrogens (tertiary/aromatic N) is 1. The second kappa shape index (κ2) is 17.0. The van der Waals surface area contributed by atoms with Crippen LogP contribution in [0.3, 0.4) is 0 Å². The molecule has 1 atom stereocenters. The molecule has 0 fully saturated rings. The Morgan fingerprint density at radius 3 is 2.41 bits per heavy atom. The third-order valence-corrected chi connectivity index (χ3v) is 10.6. The fraction of sp³-hybridized carbons (Fsp3) is 0.237. The number of anilines is 2. The lowest BCUT2D eigenvalue weighted by Crippen LogP contribution is -2.34. The maximum Gasteiger partial charge on any atom is 0.341 e. The van der Waals surface area contributed by atoms with Gasteiger partial charge in [-0.15, -0.1) is 23.1 Å². The number of amides is 4. The normalized spacial score (nSPS) is 13.0. The average Bonchev–Trinajstić information content (AvgIpc) is 3.50. The van der Waals surface area contributed by atoms with Gasteiger partial charge in [-0.2, -0.15) is 0 Å². The van der Waals surface area contributed by atoms with Gasteiger partial charge >= 0.3 is 5.97 Å². The number of rotatable bonds is 12. The largest absolute Gasteiger partial charge is 0.496 e. The molecule has 2 heterocycles. The van der Waals surface area contributed by atoms with Crippen LogP contribution >= 0.6 is 23.1 Å². The second-order valence-electron chi connectivity index (χ2n) is 11.5. The number of thiophene rings is 1. The number of benzene rings is 3. The molecular weight excluding hydrogens is 689 g/mol. The number of hydrogen-bond donors (Lipinski definition) is 3. The SMILES string of the molecule is CCC(Sc1cccc(NC(=O)/C(=C\c2ccccc2OC)NC(=O)c2ccccc2)c1)C(=O)Nc1sc2c(c1C(=O)OC)CCN(C(C)=O)C2. The molecule has 11 nitrogen and oxygen atoms in total. The lowest BCUT2D eigenvalue weighted by Gasteiger charge is -2.25. The van der Waals surface area contributed by atoms with Crippen LogP contribution in [0.25, 0.3) is 6.08 Å². The van der Waals surface area contributed by atoms with E-state index in [1.807, 2.05) is 13.0 Å². The molecule has 1 unspecified atom stereocenters. The van der Waals surface area contributed by atoms with Crippen LogP contribution in [-0.2, 0) is 32.1 Å². The molecule has 3 aromatic carbocycles. The minimum absolute atomic E-state index is 0.00343. The minimum atomic E-state index is -0.558. The molecule has 1 aliphatic rings. The van der Waals surface area contributed by atoms with E-state index in [0.29, 0.717) is 64.0 Å². The van der Waals surface area contributed by atoms with Gasteiger partial charge in [-0.05, 0) is 60.9 Å². The van der Waals surface area contributed by atoms with Gasteiger partial charge in [-0.25, -0.2) is 4.79 Å². The molecule has 0 saturated carbocycles. The summed E-state index contributed by atoms with van der Waals surface area (Å²) < 4.78 is 10.5. The van der Waals surface area contributed by atoms with Gasteiger partial charge in [-0.1, -0.05) is 49.4 Å². The van der Waals surface area contributed by atoms with E-state index in [2.05, 4.69) is 16.0 Å². The lowest BCUT2D eigenvalue weighted by atomic mass is 10.0. The molecule has 0 aliphatic carbocycles. The van der Waals surface area contributed by atoms with Crippen LogP contribution < -0.4 is 20.7 Å². The third kappa shape index (κ3) is 9.04. The molecule has 4 amide bonds. The van der Waals surface area contributed by atoms with Gasteiger partial charge in [0.15, 0.2) is 0 Å². The first kappa shape index (κ1) is 36.9. The zero-order valence-electron chi connectivity index (χ0n) is 28.6. The maximum absolute atomic E-state index is 13.7. The third-order valence-electron chi connectivity index (χ3n) is 8.13. The van der Waals surface area contributed by atoms with Crippen molar-refractivity contribution in [2.75, 3.05) is 31.4 Å². The topological polar surface area (TPSA) is 143 Å². The monoisotopic (exact) mass is 726 g/mol. The van der Waals surface area contributed by atoms with Crippen molar-refractivity contribution in [3.8, 4) is 5.75 Å². The molecule has 13 heteroatoms. The van der Waals surface area contributed by atoms with E-state index < -0.39 is 23.0 Å². The second-order valence-corrected chi connectivity index (χ2v) is 13.9. The fourth-order valence-corrected chi connectivity index (χ4v) is 7.75. The molecule has 0 spiro atoms. The number of carbonyl (C=O) groups is 5. The van der Waals surface area contributed by atoms with E-state index >= 15 is 0 Å². The van der Waals surface area contributed by atoms with Gasteiger partial charge in [0, 0.05) is 40.1 Å². The first-order chi connectivity index (χ1) is 24.6. The van der Waals surface area contributed by atoms with Crippen molar-refractivity contribution in [2.45, 2.75) is 43.4 Å². The predicted octanol–water partition coefficient (Wildman–Crippen LogP) is 6.37. The summed E-state index contributed by atoms with van der Waals surface area (Å²) in [5.41, 5.74) is 2.56. The van der Waals surface area contributed by atoms with Crippen molar-refractivity contribution in [3.05, 3.63) is 112 Å². The summed E-state index contributed by atoms with van der Waals surface area (Å²) >= 11 is 2.59. The van der Waals surface area contributed by atoms with Crippen molar-refractivity contribution in [1.82, 2.24) is 10.2 Å². The summed E-state index contributed by atoms with van der Waals surface area (Å²) in [5, 5.41) is 8.41.